The third-order valence-corrected chi connectivity index (χ3v) is 9.55. The lowest BCUT2D eigenvalue weighted by molar-refractivity contribution is -0.147. The molecule has 2 N–H and O–H groups in total. The maximum absolute atomic E-state index is 13.1. The van der Waals surface area contributed by atoms with E-state index >= 15 is 0 Å². The van der Waals surface area contributed by atoms with E-state index in [2.05, 4.69) is 76.5 Å². The van der Waals surface area contributed by atoms with Gasteiger partial charge in [-0.3, -0.25) is 15.2 Å². The maximum atomic E-state index is 13.1. The molecule has 1 atom stereocenters. The quantitative estimate of drug-likeness (QED) is 0.131. The summed E-state index contributed by atoms with van der Waals surface area (Å²) in [7, 11) is 0. The fourth-order valence-electron chi connectivity index (χ4n) is 6.83. The first kappa shape index (κ1) is 34.7. The highest BCUT2D eigenvalue weighted by molar-refractivity contribution is 5.94. The van der Waals surface area contributed by atoms with Crippen LogP contribution in [0.1, 0.15) is 40.6 Å². The van der Waals surface area contributed by atoms with Crippen molar-refractivity contribution in [3.05, 3.63) is 161 Å². The van der Waals surface area contributed by atoms with Crippen LogP contribution in [0.4, 0.5) is 0 Å². The van der Waals surface area contributed by atoms with E-state index < -0.39 is 6.04 Å². The van der Waals surface area contributed by atoms with Gasteiger partial charge in [-0.25, -0.2) is 4.98 Å². The molecule has 5 aromatic carbocycles. The van der Waals surface area contributed by atoms with Crippen LogP contribution in [-0.2, 0) is 48.7 Å². The van der Waals surface area contributed by atoms with Crippen molar-refractivity contribution in [3.63, 3.8) is 0 Å². The number of fused-ring (bicyclic) bond motifs is 2. The molecule has 0 saturated carbocycles. The molecule has 0 amide bonds. The molecule has 3 heterocycles. The third kappa shape index (κ3) is 7.35. The number of aryl methyl sites for hydroxylation is 1. The summed E-state index contributed by atoms with van der Waals surface area (Å²) in [6.45, 7) is 4.08. The van der Waals surface area contributed by atoms with Gasteiger partial charge in [-0.2, -0.15) is 5.10 Å². The lowest BCUT2D eigenvalue weighted by Crippen LogP contribution is -2.43. The first-order chi connectivity index (χ1) is 25.1. The number of aromatic amines is 1. The minimum atomic E-state index is -0.476. The van der Waals surface area contributed by atoms with E-state index in [9.17, 15) is 4.79 Å². The summed E-state index contributed by atoms with van der Waals surface area (Å²) in [6.07, 6.45) is 1.32. The van der Waals surface area contributed by atoms with E-state index in [0.717, 1.165) is 68.2 Å². The van der Waals surface area contributed by atoms with Crippen LogP contribution in [0.25, 0.3) is 33.5 Å². The Labute approximate surface area is 309 Å². The highest BCUT2D eigenvalue weighted by atomic mass is 35.5. The Balaban J connectivity index is 0.00000420. The van der Waals surface area contributed by atoms with Crippen molar-refractivity contribution in [1.82, 2.24) is 25.1 Å². The lowest BCUT2D eigenvalue weighted by Gasteiger charge is -2.23. The molecule has 7 aromatic rings. The summed E-state index contributed by atoms with van der Waals surface area (Å²) in [5.74, 6) is 1.36. The minimum Gasteiger partial charge on any atom is -0.489 e. The van der Waals surface area contributed by atoms with Crippen molar-refractivity contribution in [3.8, 4) is 28.4 Å². The van der Waals surface area contributed by atoms with E-state index in [1.54, 1.807) is 0 Å². The standard InChI is InChI=1S/C43H39N5O3.ClH/c1-2-32-22-34(50-27-30-14-8-4-9-15-30)19-21-35(32)33-18-20-36-37(23-33)46-47-41(36)42-45-38-24-39(43(49)51-28-31-16-10-5-11-17-31)44-25-40(38)48(42)26-29-12-6-3-7-13-29;/h3-23,39,44H,2,24-28H2,1H3,(H,46,47);1H/t39-;/m0./s1. The summed E-state index contributed by atoms with van der Waals surface area (Å²) < 4.78 is 14.0. The maximum Gasteiger partial charge on any atom is 0.323 e. The minimum absolute atomic E-state index is 0. The fraction of sp³-hybridized carbons (Fsp3) is 0.186. The van der Waals surface area contributed by atoms with Crippen LogP contribution >= 0.6 is 12.4 Å². The zero-order valence-electron chi connectivity index (χ0n) is 28.9. The number of esters is 1. The number of benzene rings is 5. The van der Waals surface area contributed by atoms with Crippen LogP contribution in [0, 0.1) is 0 Å². The van der Waals surface area contributed by atoms with Gasteiger partial charge in [0, 0.05) is 24.9 Å². The number of nitrogens with zero attached hydrogens (tertiary/aromatic N) is 3. The van der Waals surface area contributed by atoms with Crippen molar-refractivity contribution >= 4 is 29.3 Å². The Kier molecular flexibility index (Phi) is 10.5. The van der Waals surface area contributed by atoms with Gasteiger partial charge in [0.25, 0.3) is 0 Å². The molecule has 262 valence electrons. The SMILES string of the molecule is CCc1cc(OCc2ccccc2)ccc1-c1ccc2c(-c3nc4c(n3Cc3ccccc3)CN[C@H](C(=O)OCc3ccccc3)C4)n[nH]c2c1.Cl. The zero-order valence-corrected chi connectivity index (χ0v) is 29.7. The van der Waals surface area contributed by atoms with Crippen molar-refractivity contribution < 1.29 is 14.3 Å². The number of carbonyl (C=O) groups is 1. The fourth-order valence-corrected chi connectivity index (χ4v) is 6.83. The second kappa shape index (κ2) is 15.7. The van der Waals surface area contributed by atoms with E-state index in [4.69, 9.17) is 19.6 Å². The van der Waals surface area contributed by atoms with E-state index in [1.807, 2.05) is 72.8 Å². The summed E-state index contributed by atoms with van der Waals surface area (Å²) in [5, 5.41) is 12.5. The summed E-state index contributed by atoms with van der Waals surface area (Å²) >= 11 is 0. The highest BCUT2D eigenvalue weighted by Crippen LogP contribution is 2.34. The molecule has 8 nitrogen and oxygen atoms in total. The molecule has 2 aromatic heterocycles. The second-order valence-corrected chi connectivity index (χ2v) is 12.9. The monoisotopic (exact) mass is 709 g/mol. The molecule has 0 bridgehead atoms. The molecule has 0 radical (unpaired) electrons. The van der Waals surface area contributed by atoms with Crippen LogP contribution < -0.4 is 10.1 Å². The topological polar surface area (TPSA) is 94.1 Å². The molecule has 0 spiro atoms. The number of aromatic nitrogens is 4. The number of hydrogen-bond donors (Lipinski definition) is 2. The lowest BCUT2D eigenvalue weighted by atomic mass is 9.96. The number of H-pyrrole nitrogens is 1. The van der Waals surface area contributed by atoms with Gasteiger partial charge in [0.2, 0.25) is 0 Å². The van der Waals surface area contributed by atoms with Crippen molar-refractivity contribution in [2.45, 2.75) is 52.1 Å². The van der Waals surface area contributed by atoms with Gasteiger partial charge in [-0.15, -0.1) is 12.4 Å². The number of hydrogen-bond acceptors (Lipinski definition) is 6. The number of imidazole rings is 1. The van der Waals surface area contributed by atoms with Gasteiger partial charge in [-0.1, -0.05) is 110 Å². The van der Waals surface area contributed by atoms with Crippen molar-refractivity contribution in [2.75, 3.05) is 0 Å². The molecule has 0 saturated heterocycles. The molecule has 0 aliphatic carbocycles. The molecular weight excluding hydrogens is 670 g/mol. The van der Waals surface area contributed by atoms with Gasteiger partial charge in [-0.05, 0) is 64.1 Å². The second-order valence-electron chi connectivity index (χ2n) is 12.9. The average Bonchev–Trinajstić information content (AvgIpc) is 3.77. The van der Waals surface area contributed by atoms with Crippen molar-refractivity contribution in [1.29, 1.82) is 0 Å². The zero-order chi connectivity index (χ0) is 34.6. The Bertz CT molecular complexity index is 2290. The van der Waals surface area contributed by atoms with Gasteiger partial charge < -0.3 is 14.0 Å². The number of rotatable bonds is 11. The smallest absolute Gasteiger partial charge is 0.323 e. The molecule has 1 aliphatic heterocycles. The molecule has 52 heavy (non-hydrogen) atoms. The Morgan fingerprint density at radius 3 is 2.23 bits per heavy atom. The number of nitrogens with one attached hydrogen (secondary N) is 2. The summed E-state index contributed by atoms with van der Waals surface area (Å²) in [6, 6.07) is 42.6. The normalized spacial score (nSPS) is 13.7. The molecular formula is C43H40ClN5O3. The van der Waals surface area contributed by atoms with Crippen LogP contribution in [0.2, 0.25) is 0 Å². The van der Waals surface area contributed by atoms with Crippen LogP contribution in [0.5, 0.6) is 5.75 Å². The Morgan fingerprint density at radius 1 is 0.827 bits per heavy atom. The third-order valence-electron chi connectivity index (χ3n) is 9.55. The molecule has 8 rings (SSSR count). The first-order valence-corrected chi connectivity index (χ1v) is 17.5. The van der Waals surface area contributed by atoms with E-state index in [-0.39, 0.29) is 25.0 Å². The van der Waals surface area contributed by atoms with Crippen LogP contribution in [0.3, 0.4) is 0 Å². The summed E-state index contributed by atoms with van der Waals surface area (Å²) in [4.78, 5) is 18.3. The number of halogens is 1. The van der Waals surface area contributed by atoms with Gasteiger partial charge in [0.15, 0.2) is 5.82 Å². The number of ether oxygens (including phenoxy) is 2. The summed E-state index contributed by atoms with van der Waals surface area (Å²) in [5.41, 5.74) is 10.4. The predicted octanol–water partition coefficient (Wildman–Crippen LogP) is 8.46. The predicted molar refractivity (Wildman–Crippen MR) is 206 cm³/mol. The molecule has 9 heteroatoms. The van der Waals surface area contributed by atoms with Gasteiger partial charge in [0.1, 0.15) is 30.7 Å². The van der Waals surface area contributed by atoms with Crippen LogP contribution in [-0.4, -0.2) is 31.8 Å². The van der Waals surface area contributed by atoms with E-state index in [0.29, 0.717) is 26.1 Å². The van der Waals surface area contributed by atoms with Crippen LogP contribution in [0.15, 0.2) is 127 Å². The highest BCUT2D eigenvalue weighted by Gasteiger charge is 2.31. The van der Waals surface area contributed by atoms with Gasteiger partial charge >= 0.3 is 5.97 Å². The average molecular weight is 710 g/mol. The van der Waals surface area contributed by atoms with Crippen molar-refractivity contribution in [2.24, 2.45) is 0 Å². The molecule has 0 unspecified atom stereocenters. The molecule has 1 aliphatic rings. The molecule has 0 fully saturated rings. The number of carbonyl (C=O) groups excluding carboxylic acids is 1. The van der Waals surface area contributed by atoms with E-state index in [1.165, 1.54) is 11.1 Å². The largest absolute Gasteiger partial charge is 0.489 e. The van der Waals surface area contributed by atoms with Gasteiger partial charge in [0.05, 0.1) is 16.9 Å². The Morgan fingerprint density at radius 2 is 1.52 bits per heavy atom. The first-order valence-electron chi connectivity index (χ1n) is 17.5. The Hall–Kier alpha value is -5.70.